The molecule has 0 radical (unpaired) electrons. The van der Waals surface area contributed by atoms with Crippen LogP contribution in [0.1, 0.15) is 17.7 Å². The highest BCUT2D eigenvalue weighted by Gasteiger charge is 2.37. The number of nitrogens with zero attached hydrogens (tertiary/aromatic N) is 1. The van der Waals surface area contributed by atoms with Crippen LogP contribution in [0.2, 0.25) is 0 Å². The third-order valence-electron chi connectivity index (χ3n) is 1.57. The average Bonchev–Trinajstić information content (AvgIpc) is 2.06. The fraction of sp³-hybridized carbons (Fsp3) is 0.286. The molecule has 0 aromatic carbocycles. The lowest BCUT2D eigenvalue weighted by atomic mass is 10.2. The van der Waals surface area contributed by atoms with Gasteiger partial charge in [-0.15, -0.1) is 0 Å². The molecule has 3 nitrogen and oxygen atoms in total. The van der Waals surface area contributed by atoms with Crippen LogP contribution >= 0.6 is 0 Å². The summed E-state index contributed by atoms with van der Waals surface area (Å²) in [5, 5.41) is 8.83. The standard InChI is InChI=1S/C7H5F5N2O/c8-5(9)2-1-3(15)4(7(10,11)12)14-6(2)13/h1,5,15H,(H2,13,14). The first-order chi connectivity index (χ1) is 6.73. The van der Waals surface area contributed by atoms with Crippen molar-refractivity contribution in [3.8, 4) is 5.75 Å². The molecule has 0 fully saturated rings. The molecule has 1 heterocycles. The van der Waals surface area contributed by atoms with Crippen LogP contribution in [-0.4, -0.2) is 10.1 Å². The van der Waals surface area contributed by atoms with Crippen LogP contribution in [-0.2, 0) is 6.18 Å². The molecule has 0 saturated heterocycles. The van der Waals surface area contributed by atoms with Crippen LogP contribution in [0.5, 0.6) is 5.75 Å². The molecule has 0 atom stereocenters. The summed E-state index contributed by atoms with van der Waals surface area (Å²) in [6.07, 6.45) is -8.02. The van der Waals surface area contributed by atoms with E-state index < -0.39 is 35.4 Å². The van der Waals surface area contributed by atoms with Crippen molar-refractivity contribution in [1.29, 1.82) is 0 Å². The lowest BCUT2D eigenvalue weighted by molar-refractivity contribution is -0.142. The van der Waals surface area contributed by atoms with E-state index in [2.05, 4.69) is 4.98 Å². The third-order valence-corrected chi connectivity index (χ3v) is 1.57. The molecule has 15 heavy (non-hydrogen) atoms. The zero-order valence-corrected chi connectivity index (χ0v) is 7.02. The summed E-state index contributed by atoms with van der Waals surface area (Å²) in [7, 11) is 0. The highest BCUT2D eigenvalue weighted by atomic mass is 19.4. The maximum Gasteiger partial charge on any atom is 0.437 e. The maximum absolute atomic E-state index is 12.1. The van der Waals surface area contributed by atoms with Crippen molar-refractivity contribution < 1.29 is 27.1 Å². The number of aromatic nitrogens is 1. The first-order valence-corrected chi connectivity index (χ1v) is 3.58. The molecule has 1 aromatic rings. The van der Waals surface area contributed by atoms with Crippen molar-refractivity contribution in [2.45, 2.75) is 12.6 Å². The van der Waals surface area contributed by atoms with Gasteiger partial charge in [-0.05, 0) is 6.07 Å². The molecule has 0 aliphatic rings. The van der Waals surface area contributed by atoms with Gasteiger partial charge in [0.1, 0.15) is 11.6 Å². The average molecular weight is 228 g/mol. The van der Waals surface area contributed by atoms with Crippen LogP contribution in [0.3, 0.4) is 0 Å². The van der Waals surface area contributed by atoms with E-state index in [-0.39, 0.29) is 6.07 Å². The van der Waals surface area contributed by atoms with Gasteiger partial charge in [0, 0.05) is 0 Å². The number of pyridine rings is 1. The molecule has 0 bridgehead atoms. The number of nitrogens with two attached hydrogens (primary N) is 1. The molecule has 0 unspecified atom stereocenters. The van der Waals surface area contributed by atoms with Gasteiger partial charge >= 0.3 is 6.18 Å². The number of anilines is 1. The van der Waals surface area contributed by atoms with Crippen LogP contribution < -0.4 is 5.73 Å². The van der Waals surface area contributed by atoms with E-state index in [1.54, 1.807) is 0 Å². The van der Waals surface area contributed by atoms with E-state index in [9.17, 15) is 22.0 Å². The quantitative estimate of drug-likeness (QED) is 0.725. The minimum Gasteiger partial charge on any atom is -0.506 e. The van der Waals surface area contributed by atoms with Crippen LogP contribution in [0.25, 0.3) is 0 Å². The molecule has 84 valence electrons. The summed E-state index contributed by atoms with van der Waals surface area (Å²) in [6, 6.07) is 0.260. The second-order valence-electron chi connectivity index (χ2n) is 2.63. The number of rotatable bonds is 1. The number of hydrogen-bond donors (Lipinski definition) is 2. The smallest absolute Gasteiger partial charge is 0.437 e. The Balaban J connectivity index is 3.32. The van der Waals surface area contributed by atoms with Gasteiger partial charge in [0.15, 0.2) is 5.69 Å². The van der Waals surface area contributed by atoms with Crippen molar-refractivity contribution in [1.82, 2.24) is 4.98 Å². The van der Waals surface area contributed by atoms with Crippen LogP contribution in [0.4, 0.5) is 27.8 Å². The maximum atomic E-state index is 12.1. The van der Waals surface area contributed by atoms with Crippen molar-refractivity contribution in [2.75, 3.05) is 5.73 Å². The lowest BCUT2D eigenvalue weighted by Gasteiger charge is -2.11. The molecule has 8 heteroatoms. The fourth-order valence-electron chi connectivity index (χ4n) is 0.915. The Hall–Kier alpha value is -1.60. The highest BCUT2D eigenvalue weighted by Crippen LogP contribution is 2.37. The Morgan fingerprint density at radius 1 is 1.33 bits per heavy atom. The largest absolute Gasteiger partial charge is 0.506 e. The minimum atomic E-state index is -4.93. The number of nitrogen functional groups attached to an aromatic ring is 1. The van der Waals surface area contributed by atoms with Crippen molar-refractivity contribution >= 4 is 5.82 Å². The van der Waals surface area contributed by atoms with Gasteiger partial charge in [0.05, 0.1) is 5.56 Å². The second kappa shape index (κ2) is 3.52. The Bertz CT molecular complexity index is 376. The molecule has 1 aromatic heterocycles. The topological polar surface area (TPSA) is 59.1 Å². The Morgan fingerprint density at radius 3 is 2.27 bits per heavy atom. The fourth-order valence-corrected chi connectivity index (χ4v) is 0.915. The molecule has 1 rings (SSSR count). The lowest BCUT2D eigenvalue weighted by Crippen LogP contribution is -2.11. The highest BCUT2D eigenvalue weighted by molar-refractivity contribution is 5.47. The zero-order valence-electron chi connectivity index (χ0n) is 7.02. The number of aromatic hydroxyl groups is 1. The summed E-state index contributed by atoms with van der Waals surface area (Å²) in [5.41, 5.74) is 2.28. The van der Waals surface area contributed by atoms with Gasteiger partial charge in [-0.2, -0.15) is 13.2 Å². The van der Waals surface area contributed by atoms with E-state index >= 15 is 0 Å². The van der Waals surface area contributed by atoms with E-state index in [0.29, 0.717) is 0 Å². The van der Waals surface area contributed by atoms with Gasteiger partial charge in [0.25, 0.3) is 6.43 Å². The van der Waals surface area contributed by atoms with Crippen LogP contribution in [0, 0.1) is 0 Å². The predicted molar refractivity (Wildman–Crippen MR) is 40.3 cm³/mol. The van der Waals surface area contributed by atoms with E-state index in [0.717, 1.165) is 0 Å². The van der Waals surface area contributed by atoms with Gasteiger partial charge in [-0.3, -0.25) is 0 Å². The molecule has 0 amide bonds. The van der Waals surface area contributed by atoms with Crippen molar-refractivity contribution in [3.05, 3.63) is 17.3 Å². The van der Waals surface area contributed by atoms with Gasteiger partial charge < -0.3 is 10.8 Å². The number of halogens is 5. The summed E-state index contributed by atoms with van der Waals surface area (Å²) in [4.78, 5) is 2.69. The second-order valence-corrected chi connectivity index (χ2v) is 2.63. The first kappa shape index (κ1) is 11.5. The molecule has 0 spiro atoms. The van der Waals surface area contributed by atoms with Gasteiger partial charge in [0.2, 0.25) is 0 Å². The molecule has 0 aliphatic heterocycles. The third kappa shape index (κ3) is 2.25. The summed E-state index contributed by atoms with van der Waals surface area (Å²) in [5.74, 6) is -2.32. The summed E-state index contributed by atoms with van der Waals surface area (Å²) < 4.78 is 60.5. The van der Waals surface area contributed by atoms with E-state index in [1.165, 1.54) is 0 Å². The first-order valence-electron chi connectivity index (χ1n) is 3.58. The molecule has 0 aliphatic carbocycles. The molecular formula is C7H5F5N2O. The summed E-state index contributed by atoms with van der Waals surface area (Å²) >= 11 is 0. The molecule has 3 N–H and O–H groups in total. The van der Waals surface area contributed by atoms with Crippen molar-refractivity contribution in [2.24, 2.45) is 0 Å². The Kier molecular flexibility index (Phi) is 2.69. The minimum absolute atomic E-state index is 0.260. The van der Waals surface area contributed by atoms with E-state index in [1.807, 2.05) is 0 Å². The predicted octanol–water partition coefficient (Wildman–Crippen LogP) is 2.33. The number of hydrogen-bond acceptors (Lipinski definition) is 3. The zero-order chi connectivity index (χ0) is 11.8. The molecule has 0 saturated carbocycles. The Morgan fingerprint density at radius 2 is 1.87 bits per heavy atom. The Labute approximate surface area is 80.3 Å². The molecular weight excluding hydrogens is 223 g/mol. The van der Waals surface area contributed by atoms with E-state index in [4.69, 9.17) is 10.8 Å². The monoisotopic (exact) mass is 228 g/mol. The number of alkyl halides is 5. The van der Waals surface area contributed by atoms with Crippen LogP contribution in [0.15, 0.2) is 6.07 Å². The van der Waals surface area contributed by atoms with Crippen molar-refractivity contribution in [3.63, 3.8) is 0 Å². The SMILES string of the molecule is Nc1nc(C(F)(F)F)c(O)cc1C(F)F. The van der Waals surface area contributed by atoms with Gasteiger partial charge in [-0.1, -0.05) is 0 Å². The summed E-state index contributed by atoms with van der Waals surface area (Å²) in [6.45, 7) is 0. The normalized spacial score (nSPS) is 12.1. The van der Waals surface area contributed by atoms with Gasteiger partial charge in [-0.25, -0.2) is 13.8 Å².